The first-order valence-electron chi connectivity index (χ1n) is 11.1. The molecule has 0 saturated heterocycles. The second kappa shape index (κ2) is 11.3. The molecule has 0 saturated carbocycles. The summed E-state index contributed by atoms with van der Waals surface area (Å²) in [6, 6.07) is 28.2. The van der Waals surface area contributed by atoms with E-state index in [0.717, 1.165) is 22.3 Å². The number of aryl methyl sites for hydroxylation is 2. The maximum atomic E-state index is 12.4. The lowest BCUT2D eigenvalue weighted by molar-refractivity contribution is 0.0725. The molecule has 0 fully saturated rings. The van der Waals surface area contributed by atoms with Crippen LogP contribution in [0.25, 0.3) is 5.57 Å². The van der Waals surface area contributed by atoms with Gasteiger partial charge in [-0.05, 0) is 73.5 Å². The Kier molecular flexibility index (Phi) is 7.89. The number of halogens is 2. The molecule has 4 rings (SSSR count). The van der Waals surface area contributed by atoms with Crippen LogP contribution in [-0.2, 0) is 0 Å². The van der Waals surface area contributed by atoms with Gasteiger partial charge in [0.05, 0.1) is 11.1 Å². The van der Waals surface area contributed by atoms with E-state index in [-0.39, 0.29) is 4.49 Å². The number of esters is 2. The highest BCUT2D eigenvalue weighted by Crippen LogP contribution is 2.33. The Hall–Kier alpha value is -3.86. The molecule has 180 valence electrons. The van der Waals surface area contributed by atoms with E-state index in [2.05, 4.69) is 0 Å². The van der Waals surface area contributed by atoms with E-state index in [1.807, 2.05) is 38.1 Å². The highest BCUT2D eigenvalue weighted by molar-refractivity contribution is 6.59. The van der Waals surface area contributed by atoms with E-state index in [9.17, 15) is 9.59 Å². The minimum absolute atomic E-state index is 0.0732. The van der Waals surface area contributed by atoms with Crippen LogP contribution in [0.2, 0.25) is 0 Å². The van der Waals surface area contributed by atoms with Crippen molar-refractivity contribution in [2.45, 2.75) is 13.8 Å². The minimum Gasteiger partial charge on any atom is -0.423 e. The van der Waals surface area contributed by atoms with Gasteiger partial charge in [-0.25, -0.2) is 9.59 Å². The van der Waals surface area contributed by atoms with Crippen LogP contribution in [0.5, 0.6) is 11.5 Å². The van der Waals surface area contributed by atoms with Gasteiger partial charge in [-0.1, -0.05) is 82.9 Å². The summed E-state index contributed by atoms with van der Waals surface area (Å²) in [6.45, 7) is 3.83. The van der Waals surface area contributed by atoms with Crippen molar-refractivity contribution in [2.24, 2.45) is 0 Å². The summed E-state index contributed by atoms with van der Waals surface area (Å²) in [7, 11) is 0. The van der Waals surface area contributed by atoms with Gasteiger partial charge < -0.3 is 9.47 Å². The predicted octanol–water partition coefficient (Wildman–Crippen LogP) is 7.94. The number of rotatable bonds is 6. The Morgan fingerprint density at radius 2 is 0.944 bits per heavy atom. The van der Waals surface area contributed by atoms with Gasteiger partial charge in [0, 0.05) is 5.57 Å². The smallest absolute Gasteiger partial charge is 0.343 e. The summed E-state index contributed by atoms with van der Waals surface area (Å²) in [6.07, 6.45) is 0. The average Bonchev–Trinajstić information content (AvgIpc) is 2.86. The van der Waals surface area contributed by atoms with Crippen LogP contribution in [0.4, 0.5) is 0 Å². The van der Waals surface area contributed by atoms with E-state index in [4.69, 9.17) is 32.7 Å². The predicted molar refractivity (Wildman–Crippen MR) is 143 cm³/mol. The SMILES string of the molecule is Cc1cccc(C(=O)Oc2ccc(C(=C(Cl)Cl)c3ccc(OC(=O)c4cccc(C)c4)cc3)cc2)c1. The lowest BCUT2D eigenvalue weighted by Crippen LogP contribution is -2.08. The van der Waals surface area contributed by atoms with Crippen molar-refractivity contribution >= 4 is 40.7 Å². The molecule has 0 N–H and O–H groups in total. The number of carbonyl (C=O) groups excluding carboxylic acids is 2. The van der Waals surface area contributed by atoms with Crippen molar-refractivity contribution in [3.05, 3.63) is 135 Å². The second-order valence-electron chi connectivity index (χ2n) is 8.20. The lowest BCUT2D eigenvalue weighted by Gasteiger charge is -2.11. The topological polar surface area (TPSA) is 52.6 Å². The molecule has 0 bridgehead atoms. The monoisotopic (exact) mass is 516 g/mol. The molecule has 36 heavy (non-hydrogen) atoms. The third kappa shape index (κ3) is 6.22. The zero-order valence-electron chi connectivity index (χ0n) is 19.6. The molecule has 0 heterocycles. The van der Waals surface area contributed by atoms with E-state index >= 15 is 0 Å². The first kappa shape index (κ1) is 25.2. The molecular formula is C30H22Cl2O4. The van der Waals surface area contributed by atoms with Crippen LogP contribution in [0.3, 0.4) is 0 Å². The van der Waals surface area contributed by atoms with E-state index in [1.165, 1.54) is 0 Å². The van der Waals surface area contributed by atoms with Gasteiger partial charge in [0.15, 0.2) is 0 Å². The third-order valence-corrected chi connectivity index (χ3v) is 5.78. The summed E-state index contributed by atoms with van der Waals surface area (Å²) < 4.78 is 11.0. The Labute approximate surface area is 219 Å². The number of benzene rings is 4. The molecule has 0 atom stereocenters. The quantitative estimate of drug-likeness (QED) is 0.193. The van der Waals surface area contributed by atoms with Crippen molar-refractivity contribution in [3.8, 4) is 11.5 Å². The number of hydrogen-bond donors (Lipinski definition) is 0. The second-order valence-corrected chi connectivity index (χ2v) is 9.15. The average molecular weight is 517 g/mol. The summed E-state index contributed by atoms with van der Waals surface area (Å²) in [4.78, 5) is 24.8. The number of hydrogen-bond acceptors (Lipinski definition) is 4. The standard InChI is InChI=1S/C30H22Cl2O4/c1-19-5-3-7-23(17-19)29(33)35-25-13-9-21(10-14-25)27(28(31)32)22-11-15-26(16-12-22)36-30(34)24-8-4-6-20(2)18-24/h3-18H,1-2H3. The highest BCUT2D eigenvalue weighted by atomic mass is 35.5. The summed E-state index contributed by atoms with van der Waals surface area (Å²) in [5.41, 5.74) is 4.96. The van der Waals surface area contributed by atoms with Gasteiger partial charge in [-0.15, -0.1) is 0 Å². The largest absolute Gasteiger partial charge is 0.423 e. The molecule has 0 unspecified atom stereocenters. The van der Waals surface area contributed by atoms with Gasteiger partial charge in [-0.3, -0.25) is 0 Å². The first-order valence-corrected chi connectivity index (χ1v) is 11.9. The van der Waals surface area contributed by atoms with Crippen molar-refractivity contribution in [1.82, 2.24) is 0 Å². The Bertz CT molecular complexity index is 1330. The van der Waals surface area contributed by atoms with Gasteiger partial charge in [-0.2, -0.15) is 0 Å². The summed E-state index contributed by atoms with van der Waals surface area (Å²) >= 11 is 12.5. The summed E-state index contributed by atoms with van der Waals surface area (Å²) in [5, 5.41) is 0. The summed E-state index contributed by atoms with van der Waals surface area (Å²) in [5.74, 6) is -0.0794. The molecule has 4 aromatic carbocycles. The van der Waals surface area contributed by atoms with E-state index < -0.39 is 11.9 Å². The molecule has 0 amide bonds. The zero-order chi connectivity index (χ0) is 25.7. The van der Waals surface area contributed by atoms with Crippen LogP contribution in [0.15, 0.2) is 102 Å². The molecule has 0 aromatic heterocycles. The molecule has 0 radical (unpaired) electrons. The molecule has 0 aliphatic rings. The maximum Gasteiger partial charge on any atom is 0.343 e. The van der Waals surface area contributed by atoms with Crippen LogP contribution in [0, 0.1) is 13.8 Å². The van der Waals surface area contributed by atoms with Crippen LogP contribution in [0.1, 0.15) is 43.0 Å². The minimum atomic E-state index is -0.437. The van der Waals surface area contributed by atoms with Crippen molar-refractivity contribution in [2.75, 3.05) is 0 Å². The van der Waals surface area contributed by atoms with E-state index in [0.29, 0.717) is 28.2 Å². The molecule has 4 nitrogen and oxygen atoms in total. The fourth-order valence-electron chi connectivity index (χ4n) is 3.64. The molecule has 4 aromatic rings. The third-order valence-electron chi connectivity index (χ3n) is 5.40. The van der Waals surface area contributed by atoms with Crippen LogP contribution >= 0.6 is 23.2 Å². The zero-order valence-corrected chi connectivity index (χ0v) is 21.1. The van der Waals surface area contributed by atoms with Crippen molar-refractivity contribution in [1.29, 1.82) is 0 Å². The molecule has 0 aliphatic heterocycles. The Morgan fingerprint density at radius 3 is 1.28 bits per heavy atom. The van der Waals surface area contributed by atoms with Crippen LogP contribution < -0.4 is 9.47 Å². The van der Waals surface area contributed by atoms with Gasteiger partial charge in [0.2, 0.25) is 0 Å². The maximum absolute atomic E-state index is 12.4. The fourth-order valence-corrected chi connectivity index (χ4v) is 4.08. The van der Waals surface area contributed by atoms with Crippen molar-refractivity contribution in [3.63, 3.8) is 0 Å². The van der Waals surface area contributed by atoms with Gasteiger partial charge in [0.25, 0.3) is 0 Å². The van der Waals surface area contributed by atoms with E-state index in [1.54, 1.807) is 72.8 Å². The Balaban J connectivity index is 1.48. The molecule has 0 spiro atoms. The lowest BCUT2D eigenvalue weighted by atomic mass is 9.99. The van der Waals surface area contributed by atoms with Crippen molar-refractivity contribution < 1.29 is 19.1 Å². The van der Waals surface area contributed by atoms with Gasteiger partial charge in [0.1, 0.15) is 16.0 Å². The fraction of sp³-hybridized carbons (Fsp3) is 0.0667. The number of carbonyl (C=O) groups is 2. The Morgan fingerprint density at radius 1 is 0.556 bits per heavy atom. The van der Waals surface area contributed by atoms with Gasteiger partial charge >= 0.3 is 11.9 Å². The highest BCUT2D eigenvalue weighted by Gasteiger charge is 2.14. The number of ether oxygens (including phenoxy) is 2. The molecular weight excluding hydrogens is 495 g/mol. The molecule has 6 heteroatoms. The first-order chi connectivity index (χ1) is 17.3. The molecule has 0 aliphatic carbocycles. The normalized spacial score (nSPS) is 10.4. The van der Waals surface area contributed by atoms with Crippen LogP contribution in [-0.4, -0.2) is 11.9 Å².